The highest BCUT2D eigenvalue weighted by molar-refractivity contribution is 6.30. The monoisotopic (exact) mass is 319 g/mol. The third-order valence-electron chi connectivity index (χ3n) is 3.79. The molecule has 0 bridgehead atoms. The Bertz CT molecular complexity index is 634. The second kappa shape index (κ2) is 6.89. The first-order chi connectivity index (χ1) is 10.7. The molecule has 6 nitrogen and oxygen atoms in total. The standard InChI is InChI=1S/C15H18ClN5O/c16-12-3-1-11(2-4-12)9-18-15(22)14-10-21(20-19-14)13-5-7-17-8-6-13/h1-4,10,13,17H,5-9H2,(H,18,22). The van der Waals surface area contributed by atoms with Gasteiger partial charge >= 0.3 is 0 Å². The van der Waals surface area contributed by atoms with Gasteiger partial charge in [0.1, 0.15) is 0 Å². The number of rotatable bonds is 4. The Morgan fingerprint density at radius 2 is 2.05 bits per heavy atom. The second-order valence-electron chi connectivity index (χ2n) is 5.37. The summed E-state index contributed by atoms with van der Waals surface area (Å²) in [5.74, 6) is -0.213. The molecule has 1 fully saturated rings. The van der Waals surface area contributed by atoms with Crippen molar-refractivity contribution < 1.29 is 4.79 Å². The number of halogens is 1. The molecule has 1 aromatic carbocycles. The van der Waals surface area contributed by atoms with E-state index in [1.165, 1.54) is 0 Å². The minimum Gasteiger partial charge on any atom is -0.347 e. The number of hydrogen-bond donors (Lipinski definition) is 2. The first-order valence-corrected chi connectivity index (χ1v) is 7.75. The van der Waals surface area contributed by atoms with Crippen LogP contribution in [0.2, 0.25) is 5.02 Å². The van der Waals surface area contributed by atoms with Gasteiger partial charge in [-0.3, -0.25) is 4.79 Å². The average molecular weight is 320 g/mol. The van der Waals surface area contributed by atoms with Crippen molar-refractivity contribution in [2.75, 3.05) is 13.1 Å². The number of aromatic nitrogens is 3. The summed E-state index contributed by atoms with van der Waals surface area (Å²) in [7, 11) is 0. The van der Waals surface area contributed by atoms with Crippen molar-refractivity contribution in [3.63, 3.8) is 0 Å². The SMILES string of the molecule is O=C(NCc1ccc(Cl)cc1)c1cn(C2CCNCC2)nn1. The van der Waals surface area contributed by atoms with Crippen LogP contribution in [0, 0.1) is 0 Å². The second-order valence-corrected chi connectivity index (χ2v) is 5.81. The summed E-state index contributed by atoms with van der Waals surface area (Å²) in [5, 5.41) is 14.9. The van der Waals surface area contributed by atoms with E-state index < -0.39 is 0 Å². The summed E-state index contributed by atoms with van der Waals surface area (Å²) >= 11 is 5.83. The van der Waals surface area contributed by atoms with Gasteiger partial charge in [-0.05, 0) is 43.6 Å². The Labute approximate surface area is 133 Å². The maximum absolute atomic E-state index is 12.1. The number of nitrogens with one attached hydrogen (secondary N) is 2. The van der Waals surface area contributed by atoms with Crippen molar-refractivity contribution in [1.82, 2.24) is 25.6 Å². The van der Waals surface area contributed by atoms with Crippen molar-refractivity contribution >= 4 is 17.5 Å². The lowest BCUT2D eigenvalue weighted by atomic mass is 10.1. The van der Waals surface area contributed by atoms with Crippen LogP contribution in [0.5, 0.6) is 0 Å². The highest BCUT2D eigenvalue weighted by Gasteiger charge is 2.18. The number of nitrogens with zero attached hydrogens (tertiary/aromatic N) is 3. The molecule has 3 rings (SSSR count). The van der Waals surface area contributed by atoms with Gasteiger partial charge in [-0.25, -0.2) is 4.68 Å². The highest BCUT2D eigenvalue weighted by atomic mass is 35.5. The maximum Gasteiger partial charge on any atom is 0.273 e. The minimum absolute atomic E-state index is 0.213. The molecular weight excluding hydrogens is 302 g/mol. The molecule has 2 aromatic rings. The molecule has 0 saturated carbocycles. The normalized spacial score (nSPS) is 15.7. The Hall–Kier alpha value is -1.92. The largest absolute Gasteiger partial charge is 0.347 e. The Balaban J connectivity index is 1.58. The summed E-state index contributed by atoms with van der Waals surface area (Å²) in [6.45, 7) is 2.39. The van der Waals surface area contributed by atoms with E-state index in [2.05, 4.69) is 20.9 Å². The lowest BCUT2D eigenvalue weighted by Crippen LogP contribution is -2.29. The van der Waals surface area contributed by atoms with Crippen LogP contribution in [0.4, 0.5) is 0 Å². The van der Waals surface area contributed by atoms with Gasteiger partial charge in [0.05, 0.1) is 12.2 Å². The third-order valence-corrected chi connectivity index (χ3v) is 4.04. The molecule has 1 aliphatic rings. The van der Waals surface area contributed by atoms with Gasteiger partial charge in [-0.15, -0.1) is 5.10 Å². The van der Waals surface area contributed by atoms with Gasteiger partial charge in [0, 0.05) is 11.6 Å². The molecule has 1 aliphatic heterocycles. The van der Waals surface area contributed by atoms with Crippen molar-refractivity contribution in [1.29, 1.82) is 0 Å². The number of carbonyl (C=O) groups is 1. The topological polar surface area (TPSA) is 71.8 Å². The first-order valence-electron chi connectivity index (χ1n) is 7.37. The number of hydrogen-bond acceptors (Lipinski definition) is 4. The van der Waals surface area contributed by atoms with E-state index in [1.807, 2.05) is 12.1 Å². The van der Waals surface area contributed by atoms with E-state index in [0.29, 0.717) is 23.3 Å². The summed E-state index contributed by atoms with van der Waals surface area (Å²) in [4.78, 5) is 12.1. The predicted molar refractivity (Wildman–Crippen MR) is 83.8 cm³/mol. The van der Waals surface area contributed by atoms with Crippen LogP contribution >= 0.6 is 11.6 Å². The molecule has 22 heavy (non-hydrogen) atoms. The summed E-state index contributed by atoms with van der Waals surface area (Å²) in [6, 6.07) is 7.70. The average Bonchev–Trinajstić information content (AvgIpc) is 3.05. The smallest absolute Gasteiger partial charge is 0.273 e. The molecule has 2 heterocycles. The highest BCUT2D eigenvalue weighted by Crippen LogP contribution is 2.17. The fourth-order valence-electron chi connectivity index (χ4n) is 2.51. The van der Waals surface area contributed by atoms with Crippen LogP contribution in [0.3, 0.4) is 0 Å². The summed E-state index contributed by atoms with van der Waals surface area (Å²) < 4.78 is 1.80. The number of amides is 1. The van der Waals surface area contributed by atoms with Gasteiger partial charge in [-0.2, -0.15) is 0 Å². The molecule has 1 saturated heterocycles. The Morgan fingerprint density at radius 3 is 2.77 bits per heavy atom. The lowest BCUT2D eigenvalue weighted by Gasteiger charge is -2.22. The maximum atomic E-state index is 12.1. The van der Waals surface area contributed by atoms with E-state index in [9.17, 15) is 4.79 Å². The van der Waals surface area contributed by atoms with Crippen LogP contribution in [0.25, 0.3) is 0 Å². The molecule has 0 radical (unpaired) electrons. The zero-order valence-corrected chi connectivity index (χ0v) is 12.9. The molecule has 0 atom stereocenters. The van der Waals surface area contributed by atoms with Crippen molar-refractivity contribution in [2.45, 2.75) is 25.4 Å². The molecule has 2 N–H and O–H groups in total. The molecular formula is C15H18ClN5O. The van der Waals surface area contributed by atoms with E-state index >= 15 is 0 Å². The molecule has 0 aliphatic carbocycles. The third kappa shape index (κ3) is 3.64. The first kappa shape index (κ1) is 15.0. The molecule has 116 valence electrons. The minimum atomic E-state index is -0.213. The van der Waals surface area contributed by atoms with Crippen molar-refractivity contribution in [3.8, 4) is 0 Å². The van der Waals surface area contributed by atoms with Crippen LogP contribution in [0.1, 0.15) is 34.9 Å². The molecule has 7 heteroatoms. The number of piperidine rings is 1. The molecule has 1 amide bonds. The van der Waals surface area contributed by atoms with Gasteiger partial charge < -0.3 is 10.6 Å². The van der Waals surface area contributed by atoms with Gasteiger partial charge in [-0.1, -0.05) is 28.9 Å². The fourth-order valence-corrected chi connectivity index (χ4v) is 2.63. The fraction of sp³-hybridized carbons (Fsp3) is 0.400. The molecule has 0 unspecified atom stereocenters. The van der Waals surface area contributed by atoms with Gasteiger partial charge in [0.25, 0.3) is 5.91 Å². The zero-order chi connectivity index (χ0) is 15.4. The Kier molecular flexibility index (Phi) is 4.70. The Morgan fingerprint density at radius 1 is 1.32 bits per heavy atom. The predicted octanol–water partition coefficient (Wildman–Crippen LogP) is 1.79. The summed E-state index contributed by atoms with van der Waals surface area (Å²) in [6.07, 6.45) is 3.75. The molecule has 0 spiro atoms. The van der Waals surface area contributed by atoms with Crippen LogP contribution in [-0.2, 0) is 6.54 Å². The summed E-state index contributed by atoms with van der Waals surface area (Å²) in [5.41, 5.74) is 1.34. The van der Waals surface area contributed by atoms with Crippen molar-refractivity contribution in [3.05, 3.63) is 46.7 Å². The number of carbonyl (C=O) groups excluding carboxylic acids is 1. The van der Waals surface area contributed by atoms with E-state index in [1.54, 1.807) is 23.0 Å². The van der Waals surface area contributed by atoms with E-state index in [4.69, 9.17) is 11.6 Å². The molecule has 1 aromatic heterocycles. The van der Waals surface area contributed by atoms with Gasteiger partial charge in [0.15, 0.2) is 5.69 Å². The van der Waals surface area contributed by atoms with E-state index in [0.717, 1.165) is 31.5 Å². The van der Waals surface area contributed by atoms with E-state index in [-0.39, 0.29) is 5.91 Å². The van der Waals surface area contributed by atoms with Gasteiger partial charge in [0.2, 0.25) is 0 Å². The number of benzene rings is 1. The van der Waals surface area contributed by atoms with Crippen LogP contribution in [0.15, 0.2) is 30.5 Å². The van der Waals surface area contributed by atoms with Crippen molar-refractivity contribution in [2.24, 2.45) is 0 Å². The zero-order valence-electron chi connectivity index (χ0n) is 12.1. The quantitative estimate of drug-likeness (QED) is 0.901. The van der Waals surface area contributed by atoms with Crippen LogP contribution in [-0.4, -0.2) is 34.0 Å². The lowest BCUT2D eigenvalue weighted by molar-refractivity contribution is 0.0946. The van der Waals surface area contributed by atoms with Crippen LogP contribution < -0.4 is 10.6 Å².